The SMILES string of the molecule is Cc1cc(CN[S+](C)[O-])cc(-c2cc(-c3cnc4ccc(C(F)F)nn34)ncn2)c1. The first-order valence-electron chi connectivity index (χ1n) is 9.04. The molecule has 0 bridgehead atoms. The van der Waals surface area contributed by atoms with Crippen LogP contribution < -0.4 is 4.72 Å². The average Bonchev–Trinajstić information content (AvgIpc) is 3.15. The van der Waals surface area contributed by atoms with Crippen molar-refractivity contribution in [3.8, 4) is 22.6 Å². The van der Waals surface area contributed by atoms with Gasteiger partial charge in [0.1, 0.15) is 24.0 Å². The lowest BCUT2D eigenvalue weighted by molar-refractivity contribution is 0.144. The molecule has 4 rings (SSSR count). The summed E-state index contributed by atoms with van der Waals surface area (Å²) in [5.74, 6) is 0. The Morgan fingerprint density at radius 3 is 2.67 bits per heavy atom. The Morgan fingerprint density at radius 2 is 1.90 bits per heavy atom. The van der Waals surface area contributed by atoms with E-state index in [1.54, 1.807) is 18.5 Å². The summed E-state index contributed by atoms with van der Waals surface area (Å²) >= 11 is -1.11. The van der Waals surface area contributed by atoms with E-state index >= 15 is 0 Å². The summed E-state index contributed by atoms with van der Waals surface area (Å²) in [6, 6.07) is 10.5. The molecule has 1 aromatic carbocycles. The minimum Gasteiger partial charge on any atom is -0.598 e. The summed E-state index contributed by atoms with van der Waals surface area (Å²) in [5, 5.41) is 3.99. The Kier molecular flexibility index (Phi) is 5.71. The van der Waals surface area contributed by atoms with E-state index in [2.05, 4.69) is 24.8 Å². The first kappa shape index (κ1) is 20.3. The molecule has 1 atom stereocenters. The van der Waals surface area contributed by atoms with Crippen LogP contribution in [0.3, 0.4) is 0 Å². The molecule has 0 spiro atoms. The second-order valence-electron chi connectivity index (χ2n) is 6.74. The Labute approximate surface area is 174 Å². The highest BCUT2D eigenvalue weighted by atomic mass is 32.2. The molecule has 0 radical (unpaired) electrons. The summed E-state index contributed by atoms with van der Waals surface area (Å²) in [6.45, 7) is 2.43. The number of hydrogen-bond acceptors (Lipinski definition) is 6. The third-order valence-corrected chi connectivity index (χ3v) is 5.00. The van der Waals surface area contributed by atoms with Crippen molar-refractivity contribution in [3.05, 3.63) is 65.7 Å². The van der Waals surface area contributed by atoms with E-state index in [0.717, 1.165) is 16.7 Å². The number of nitrogens with zero attached hydrogens (tertiary/aromatic N) is 5. The average molecular weight is 428 g/mol. The van der Waals surface area contributed by atoms with Gasteiger partial charge in [-0.3, -0.25) is 0 Å². The van der Waals surface area contributed by atoms with Gasteiger partial charge >= 0.3 is 0 Å². The molecule has 10 heteroatoms. The van der Waals surface area contributed by atoms with E-state index in [9.17, 15) is 13.3 Å². The Balaban J connectivity index is 1.74. The zero-order valence-corrected chi connectivity index (χ0v) is 17.0. The monoisotopic (exact) mass is 428 g/mol. The fourth-order valence-electron chi connectivity index (χ4n) is 3.13. The van der Waals surface area contributed by atoms with Crippen molar-refractivity contribution in [2.45, 2.75) is 19.9 Å². The molecule has 0 aliphatic rings. The van der Waals surface area contributed by atoms with E-state index in [4.69, 9.17) is 0 Å². The third-order valence-electron chi connectivity index (χ3n) is 4.45. The number of imidazole rings is 1. The molecular weight excluding hydrogens is 410 g/mol. The van der Waals surface area contributed by atoms with Crippen molar-refractivity contribution in [3.63, 3.8) is 0 Å². The summed E-state index contributed by atoms with van der Waals surface area (Å²) in [7, 11) is 0. The predicted molar refractivity (Wildman–Crippen MR) is 110 cm³/mol. The van der Waals surface area contributed by atoms with Gasteiger partial charge in [0.05, 0.1) is 24.1 Å². The molecule has 4 aromatic rings. The van der Waals surface area contributed by atoms with Gasteiger partial charge in [-0.05, 0) is 42.8 Å². The maximum atomic E-state index is 13.1. The number of nitrogens with one attached hydrogen (secondary N) is 1. The Bertz CT molecular complexity index is 1200. The van der Waals surface area contributed by atoms with Gasteiger partial charge in [0.15, 0.2) is 5.65 Å². The van der Waals surface area contributed by atoms with E-state index in [1.807, 2.05) is 25.1 Å². The highest BCUT2D eigenvalue weighted by molar-refractivity contribution is 7.88. The first-order chi connectivity index (χ1) is 14.4. The number of hydrogen-bond donors (Lipinski definition) is 1. The van der Waals surface area contributed by atoms with Crippen molar-refractivity contribution in [2.75, 3.05) is 6.26 Å². The number of alkyl halides is 2. The van der Waals surface area contributed by atoms with E-state index in [0.29, 0.717) is 29.3 Å². The summed E-state index contributed by atoms with van der Waals surface area (Å²) in [4.78, 5) is 12.9. The first-order valence-corrected chi connectivity index (χ1v) is 10.6. The van der Waals surface area contributed by atoms with Gasteiger partial charge in [0, 0.05) is 16.9 Å². The molecule has 0 aliphatic heterocycles. The van der Waals surface area contributed by atoms with Crippen LogP contribution in [0.25, 0.3) is 28.3 Å². The molecule has 1 N–H and O–H groups in total. The molecule has 3 aromatic heterocycles. The molecule has 0 saturated heterocycles. The minimum absolute atomic E-state index is 0.333. The van der Waals surface area contributed by atoms with E-state index in [1.165, 1.54) is 23.0 Å². The van der Waals surface area contributed by atoms with Gasteiger partial charge in [-0.15, -0.1) is 4.72 Å². The Hall–Kier alpha value is -2.95. The quantitative estimate of drug-likeness (QED) is 0.473. The molecule has 1 unspecified atom stereocenters. The highest BCUT2D eigenvalue weighted by Crippen LogP contribution is 2.26. The minimum atomic E-state index is -2.68. The lowest BCUT2D eigenvalue weighted by Gasteiger charge is -2.10. The summed E-state index contributed by atoms with van der Waals surface area (Å²) in [5.41, 5.74) is 4.67. The normalized spacial score (nSPS) is 12.6. The molecular formula is C20H18F2N6OS. The third kappa shape index (κ3) is 4.30. The van der Waals surface area contributed by atoms with Gasteiger partial charge in [-0.25, -0.2) is 28.2 Å². The van der Waals surface area contributed by atoms with Crippen LogP contribution in [0.4, 0.5) is 8.78 Å². The summed E-state index contributed by atoms with van der Waals surface area (Å²) in [6.07, 6.45) is 1.87. The maximum absolute atomic E-state index is 13.1. The van der Waals surface area contributed by atoms with Crippen LogP contribution in [0.1, 0.15) is 23.2 Å². The standard InChI is InChI=1S/C20H18F2N6OS/c1-12-5-13(9-26-30(2)29)7-14(6-12)16-8-17(25-11-24-16)18-10-23-19-4-3-15(20(21)22)27-28(18)19/h3-8,10-11,20,26H,9H2,1-2H3. The van der Waals surface area contributed by atoms with Crippen LogP contribution in [0.5, 0.6) is 0 Å². The molecule has 0 amide bonds. The smallest absolute Gasteiger partial charge is 0.282 e. The van der Waals surface area contributed by atoms with Crippen LogP contribution in [-0.4, -0.2) is 35.4 Å². The summed E-state index contributed by atoms with van der Waals surface area (Å²) < 4.78 is 41.7. The topological polar surface area (TPSA) is 91.1 Å². The van der Waals surface area contributed by atoms with Crippen LogP contribution in [0, 0.1) is 6.92 Å². The number of fused-ring (bicyclic) bond motifs is 1. The molecule has 3 heterocycles. The van der Waals surface area contributed by atoms with Gasteiger partial charge in [-0.1, -0.05) is 11.6 Å². The largest absolute Gasteiger partial charge is 0.598 e. The van der Waals surface area contributed by atoms with Crippen molar-refractivity contribution in [2.24, 2.45) is 0 Å². The number of aryl methyl sites for hydroxylation is 1. The molecule has 0 aliphatic carbocycles. The fourth-order valence-corrected chi connectivity index (χ4v) is 3.50. The van der Waals surface area contributed by atoms with Crippen molar-refractivity contribution in [1.82, 2.24) is 29.3 Å². The number of aromatic nitrogens is 5. The molecule has 0 fully saturated rings. The maximum Gasteiger partial charge on any atom is 0.282 e. The van der Waals surface area contributed by atoms with E-state index in [-0.39, 0.29) is 5.69 Å². The predicted octanol–water partition coefficient (Wildman–Crippen LogP) is 3.48. The highest BCUT2D eigenvalue weighted by Gasteiger charge is 2.15. The van der Waals surface area contributed by atoms with Gasteiger partial charge < -0.3 is 4.55 Å². The lowest BCUT2D eigenvalue weighted by atomic mass is 10.0. The molecule has 7 nitrogen and oxygen atoms in total. The zero-order valence-electron chi connectivity index (χ0n) is 16.2. The molecule has 154 valence electrons. The van der Waals surface area contributed by atoms with Crippen LogP contribution in [0.15, 0.2) is 48.9 Å². The zero-order chi connectivity index (χ0) is 21.3. The molecule has 0 saturated carbocycles. The van der Waals surface area contributed by atoms with Crippen LogP contribution >= 0.6 is 0 Å². The number of rotatable bonds is 6. The Morgan fingerprint density at radius 1 is 1.10 bits per heavy atom. The van der Waals surface area contributed by atoms with Crippen molar-refractivity contribution < 1.29 is 13.3 Å². The van der Waals surface area contributed by atoms with Gasteiger partial charge in [0.2, 0.25) is 0 Å². The van der Waals surface area contributed by atoms with Gasteiger partial charge in [-0.2, -0.15) is 5.10 Å². The van der Waals surface area contributed by atoms with E-state index < -0.39 is 17.8 Å². The fraction of sp³-hybridized carbons (Fsp3) is 0.200. The second kappa shape index (κ2) is 8.42. The van der Waals surface area contributed by atoms with Crippen molar-refractivity contribution >= 4 is 17.0 Å². The van der Waals surface area contributed by atoms with Crippen molar-refractivity contribution in [1.29, 1.82) is 0 Å². The van der Waals surface area contributed by atoms with Crippen LogP contribution in [0.2, 0.25) is 0 Å². The second-order valence-corrected chi connectivity index (χ2v) is 7.94. The van der Waals surface area contributed by atoms with Gasteiger partial charge in [0.25, 0.3) is 6.43 Å². The lowest BCUT2D eigenvalue weighted by Crippen LogP contribution is -2.21. The molecule has 30 heavy (non-hydrogen) atoms. The van der Waals surface area contributed by atoms with Crippen LogP contribution in [-0.2, 0) is 17.9 Å². The number of benzene rings is 1. The number of halogens is 2.